The van der Waals surface area contributed by atoms with Crippen LogP contribution in [0.4, 0.5) is 0 Å². The Morgan fingerprint density at radius 3 is 2.53 bits per heavy atom. The summed E-state index contributed by atoms with van der Waals surface area (Å²) < 4.78 is 2.99. The number of allylic oxidation sites excluding steroid dienone is 2. The predicted octanol–water partition coefficient (Wildman–Crippen LogP) is 7.62. The Morgan fingerprint density at radius 2 is 1.86 bits per heavy atom. The molecule has 0 atom stereocenters. The number of carboxylic acids is 1. The van der Waals surface area contributed by atoms with Gasteiger partial charge in [-0.15, -0.1) is 11.3 Å². The van der Waals surface area contributed by atoms with E-state index in [4.69, 9.17) is 0 Å². The average molecular weight is 509 g/mol. The Hall–Kier alpha value is -2.86. The lowest BCUT2D eigenvalue weighted by Crippen LogP contribution is -2.27. The van der Waals surface area contributed by atoms with Crippen LogP contribution in [0.3, 0.4) is 0 Å². The van der Waals surface area contributed by atoms with E-state index in [9.17, 15) is 14.7 Å². The largest absolute Gasteiger partial charge is 0.477 e. The molecule has 6 heteroatoms. The molecule has 5 nitrogen and oxygen atoms in total. The molecule has 1 aliphatic rings. The summed E-state index contributed by atoms with van der Waals surface area (Å²) in [6.45, 7) is 14.8. The van der Waals surface area contributed by atoms with Crippen molar-refractivity contribution in [2.24, 2.45) is 5.92 Å². The number of carbonyl (C=O) groups is 1. The van der Waals surface area contributed by atoms with Gasteiger partial charge in [0.25, 0.3) is 0 Å². The van der Waals surface area contributed by atoms with Crippen molar-refractivity contribution in [3.05, 3.63) is 68.7 Å². The molecule has 0 spiro atoms. The Morgan fingerprint density at radius 1 is 1.14 bits per heavy atom. The molecule has 0 bridgehead atoms. The molecular weight excluding hydrogens is 468 g/mol. The predicted molar refractivity (Wildman–Crippen MR) is 153 cm³/mol. The summed E-state index contributed by atoms with van der Waals surface area (Å²) >= 11 is 1.38. The van der Waals surface area contributed by atoms with E-state index in [2.05, 4.69) is 32.6 Å². The number of hydrogen-bond donors (Lipinski definition) is 1. The summed E-state index contributed by atoms with van der Waals surface area (Å²) in [6, 6.07) is 7.89. The van der Waals surface area contributed by atoms with Crippen LogP contribution in [0, 0.1) is 5.92 Å². The topological polar surface area (TPSA) is 62.0 Å². The number of aryl methyl sites for hydroxylation is 1. The van der Waals surface area contributed by atoms with Gasteiger partial charge in [-0.2, -0.15) is 0 Å². The minimum Gasteiger partial charge on any atom is -0.477 e. The zero-order valence-electron chi connectivity index (χ0n) is 22.6. The van der Waals surface area contributed by atoms with Crippen LogP contribution >= 0.6 is 11.3 Å². The van der Waals surface area contributed by atoms with Crippen molar-refractivity contribution in [1.29, 1.82) is 0 Å². The molecule has 0 radical (unpaired) electrons. The normalized spacial score (nSPS) is 16.3. The van der Waals surface area contributed by atoms with Gasteiger partial charge in [0.15, 0.2) is 0 Å². The van der Waals surface area contributed by atoms with Gasteiger partial charge in [0.1, 0.15) is 10.4 Å². The molecule has 0 saturated heterocycles. The summed E-state index contributed by atoms with van der Waals surface area (Å²) in [5.74, 6) is -0.490. The van der Waals surface area contributed by atoms with Crippen molar-refractivity contribution >= 4 is 38.4 Å². The summed E-state index contributed by atoms with van der Waals surface area (Å²) in [5.41, 5.74) is 4.33. The SMILES string of the molecule is CC.CCCN(CCCC(C)C)C1=C(/C)CCc2c(c(=O)c(C(=O)O)c3sc4ccccc4n23)/C=C\1. The van der Waals surface area contributed by atoms with Crippen LogP contribution in [0.5, 0.6) is 0 Å². The maximum Gasteiger partial charge on any atom is 0.342 e. The summed E-state index contributed by atoms with van der Waals surface area (Å²) in [5, 5.41) is 9.96. The zero-order chi connectivity index (χ0) is 26.4. The fraction of sp³-hybridized carbons (Fsp3) is 0.467. The molecule has 1 aliphatic carbocycles. The molecule has 2 aromatic heterocycles. The van der Waals surface area contributed by atoms with E-state index < -0.39 is 5.97 Å². The van der Waals surface area contributed by atoms with Crippen LogP contribution in [0.15, 0.2) is 46.4 Å². The lowest BCUT2D eigenvalue weighted by atomic mass is 9.97. The van der Waals surface area contributed by atoms with E-state index in [1.54, 1.807) is 0 Å². The molecule has 194 valence electrons. The van der Waals surface area contributed by atoms with Crippen molar-refractivity contribution < 1.29 is 9.90 Å². The standard InChI is InChI=1S/C28H34N2O3S.C2H6/c1-5-16-29(17-8-9-18(2)3)21-15-13-20-22(14-12-19(21)4)30-23-10-6-7-11-24(23)34-27(30)25(26(20)31)28(32)33;1-2/h6-7,10-11,13,15,18H,5,8-9,12,14,16-17H2,1-4H3,(H,32,33);1-2H3/b15-13-,21-19-;. The third kappa shape index (κ3) is 5.59. The Kier molecular flexibility index (Phi) is 9.55. The van der Waals surface area contributed by atoms with Crippen LogP contribution in [0.1, 0.15) is 88.8 Å². The van der Waals surface area contributed by atoms with Gasteiger partial charge < -0.3 is 14.4 Å². The Labute approximate surface area is 218 Å². The molecule has 0 saturated carbocycles. The molecule has 0 fully saturated rings. The quantitative estimate of drug-likeness (QED) is 0.340. The van der Waals surface area contributed by atoms with Gasteiger partial charge in [-0.25, -0.2) is 4.79 Å². The maximum atomic E-state index is 13.5. The van der Waals surface area contributed by atoms with E-state index in [0.29, 0.717) is 22.7 Å². The first-order valence-electron chi connectivity index (χ1n) is 13.3. The monoisotopic (exact) mass is 508 g/mol. The Bertz CT molecular complexity index is 1340. The number of rotatable bonds is 8. The molecule has 36 heavy (non-hydrogen) atoms. The lowest BCUT2D eigenvalue weighted by Gasteiger charge is -2.29. The zero-order valence-corrected chi connectivity index (χ0v) is 23.4. The number of nitrogens with zero attached hydrogens (tertiary/aromatic N) is 2. The van der Waals surface area contributed by atoms with Crippen LogP contribution in [-0.4, -0.2) is 33.5 Å². The first-order chi connectivity index (χ1) is 17.3. The van der Waals surface area contributed by atoms with Crippen LogP contribution in [0.25, 0.3) is 21.1 Å². The fourth-order valence-corrected chi connectivity index (χ4v) is 6.14. The smallest absolute Gasteiger partial charge is 0.342 e. The van der Waals surface area contributed by atoms with Gasteiger partial charge in [0.2, 0.25) is 5.43 Å². The Balaban J connectivity index is 0.00000176. The number of hydrogen-bond acceptors (Lipinski definition) is 4. The molecule has 1 N–H and O–H groups in total. The molecule has 0 aliphatic heterocycles. The van der Waals surface area contributed by atoms with E-state index >= 15 is 0 Å². The number of aromatic nitrogens is 1. The van der Waals surface area contributed by atoms with Crippen LogP contribution in [0.2, 0.25) is 0 Å². The van der Waals surface area contributed by atoms with Gasteiger partial charge >= 0.3 is 5.97 Å². The van der Waals surface area contributed by atoms with E-state index in [-0.39, 0.29) is 11.0 Å². The van der Waals surface area contributed by atoms with Crippen LogP contribution in [-0.2, 0) is 6.42 Å². The number of benzene rings is 1. The summed E-state index contributed by atoms with van der Waals surface area (Å²) in [7, 11) is 0. The second-order valence-electron chi connectivity index (χ2n) is 9.60. The molecule has 1 aromatic carbocycles. The number of fused-ring (bicyclic) bond motifs is 5. The van der Waals surface area contributed by atoms with Crippen LogP contribution < -0.4 is 5.43 Å². The maximum absolute atomic E-state index is 13.5. The molecule has 3 aromatic rings. The van der Waals surface area contributed by atoms with Gasteiger partial charge in [-0.1, -0.05) is 46.8 Å². The van der Waals surface area contributed by atoms with E-state index in [0.717, 1.165) is 48.3 Å². The first-order valence-corrected chi connectivity index (χ1v) is 14.1. The molecule has 0 unspecified atom stereocenters. The highest BCUT2D eigenvalue weighted by atomic mass is 32.1. The fourth-order valence-electron chi connectivity index (χ4n) is 4.94. The number of thiazole rings is 1. The number of para-hydroxylation sites is 1. The second kappa shape index (κ2) is 12.4. The minimum absolute atomic E-state index is 0.130. The first kappa shape index (κ1) is 27.7. The number of aromatic carboxylic acids is 1. The van der Waals surface area contributed by atoms with E-state index in [1.165, 1.54) is 29.0 Å². The lowest BCUT2D eigenvalue weighted by molar-refractivity contribution is 0.0697. The van der Waals surface area contributed by atoms with Gasteiger partial charge in [-0.3, -0.25) is 4.79 Å². The van der Waals surface area contributed by atoms with Gasteiger partial charge in [-0.05, 0) is 74.8 Å². The highest BCUT2D eigenvalue weighted by molar-refractivity contribution is 7.24. The minimum atomic E-state index is -1.17. The summed E-state index contributed by atoms with van der Waals surface area (Å²) in [4.78, 5) is 28.6. The molecule has 4 rings (SSSR count). The van der Waals surface area contributed by atoms with Crippen molar-refractivity contribution in [3.8, 4) is 0 Å². The van der Waals surface area contributed by atoms with Gasteiger partial charge in [0, 0.05) is 30.0 Å². The van der Waals surface area contributed by atoms with Crippen molar-refractivity contribution in [2.75, 3.05) is 13.1 Å². The number of pyridine rings is 1. The van der Waals surface area contributed by atoms with E-state index in [1.807, 2.05) is 54.7 Å². The molecule has 0 amide bonds. The third-order valence-corrected chi connectivity index (χ3v) is 7.77. The van der Waals surface area contributed by atoms with Crippen molar-refractivity contribution in [2.45, 2.75) is 73.6 Å². The van der Waals surface area contributed by atoms with Gasteiger partial charge in [0.05, 0.1) is 10.2 Å². The highest BCUT2D eigenvalue weighted by Gasteiger charge is 2.25. The van der Waals surface area contributed by atoms with Crippen molar-refractivity contribution in [1.82, 2.24) is 9.30 Å². The second-order valence-corrected chi connectivity index (χ2v) is 10.6. The summed E-state index contributed by atoms with van der Waals surface area (Å²) in [6.07, 6.45) is 8.81. The third-order valence-electron chi connectivity index (χ3n) is 6.62. The highest BCUT2D eigenvalue weighted by Crippen LogP contribution is 2.32. The number of carboxylic acid groups (broad SMARTS) is 1. The average Bonchev–Trinajstić information content (AvgIpc) is 3.21. The van der Waals surface area contributed by atoms with Crippen molar-refractivity contribution in [3.63, 3.8) is 0 Å². The molecule has 2 heterocycles. The molecular formula is C30H40N2O3S.